The number of hydrogen-bond donors (Lipinski definition) is 2. The van der Waals surface area contributed by atoms with Gasteiger partial charge in [0.1, 0.15) is 0 Å². The largest absolute Gasteiger partial charge is 0.232 e. The maximum atomic E-state index is 5.48. The Morgan fingerprint density at radius 1 is 1.40 bits per heavy atom. The van der Waals surface area contributed by atoms with Crippen molar-refractivity contribution < 1.29 is 4.59 Å². The molecule has 3 N–H and O–H groups in total. The molecule has 1 aliphatic heterocycles. The van der Waals surface area contributed by atoms with Crippen LogP contribution in [0.4, 0.5) is 0 Å². The van der Waals surface area contributed by atoms with E-state index < -0.39 is 0 Å². The summed E-state index contributed by atoms with van der Waals surface area (Å²) < 4.78 is 0.941. The van der Waals surface area contributed by atoms with Gasteiger partial charge in [-0.05, 0) is 6.42 Å². The summed E-state index contributed by atoms with van der Waals surface area (Å²) in [5, 5.41) is 0. The summed E-state index contributed by atoms with van der Waals surface area (Å²) in [6.07, 6.45) is 3.86. The summed E-state index contributed by atoms with van der Waals surface area (Å²) in [4.78, 5) is 0. The van der Waals surface area contributed by atoms with Crippen molar-refractivity contribution in [2.24, 2.45) is 5.84 Å². The molecule has 0 aromatic rings. The first kappa shape index (κ1) is 7.98. The summed E-state index contributed by atoms with van der Waals surface area (Å²) in [6, 6.07) is 0. The van der Waals surface area contributed by atoms with Gasteiger partial charge in [0, 0.05) is 12.8 Å². The predicted molar refractivity (Wildman–Crippen MR) is 41.7 cm³/mol. The van der Waals surface area contributed by atoms with Gasteiger partial charge >= 0.3 is 0 Å². The average Bonchev–Trinajstić information content (AvgIpc) is 2.39. The molecule has 1 aliphatic rings. The molecule has 1 heterocycles. The van der Waals surface area contributed by atoms with E-state index in [-0.39, 0.29) is 0 Å². The van der Waals surface area contributed by atoms with Crippen LogP contribution in [0.1, 0.15) is 26.2 Å². The highest BCUT2D eigenvalue weighted by atomic mass is 15.8. The lowest BCUT2D eigenvalue weighted by Crippen LogP contribution is -2.59. The third kappa shape index (κ3) is 1.48. The lowest BCUT2D eigenvalue weighted by atomic mass is 10.4. The highest BCUT2D eigenvalue weighted by Crippen LogP contribution is 2.15. The standard InChI is InChI=1S/C7H18N3/c1-2-5-10(9-8)6-3-4-7-10/h9H,2-8H2,1H3/q+1. The van der Waals surface area contributed by atoms with Crippen LogP contribution in [0.3, 0.4) is 0 Å². The first-order valence-electron chi connectivity index (χ1n) is 4.17. The number of quaternary nitrogens is 1. The van der Waals surface area contributed by atoms with Crippen LogP contribution in [-0.2, 0) is 0 Å². The van der Waals surface area contributed by atoms with Crippen LogP contribution in [0.5, 0.6) is 0 Å². The molecule has 0 radical (unpaired) electrons. The molecule has 1 saturated heterocycles. The second kappa shape index (κ2) is 3.32. The van der Waals surface area contributed by atoms with E-state index in [9.17, 15) is 0 Å². The van der Waals surface area contributed by atoms with Crippen LogP contribution in [0, 0.1) is 0 Å². The number of rotatable bonds is 3. The molecule has 0 unspecified atom stereocenters. The minimum absolute atomic E-state index is 0.941. The van der Waals surface area contributed by atoms with E-state index in [2.05, 4.69) is 12.5 Å². The van der Waals surface area contributed by atoms with Gasteiger partial charge in [-0.25, -0.2) is 10.4 Å². The van der Waals surface area contributed by atoms with Gasteiger partial charge in [0.25, 0.3) is 0 Å². The number of nitrogens with one attached hydrogen (secondary N) is 1. The topological polar surface area (TPSA) is 38.0 Å². The molecule has 3 heteroatoms. The average molecular weight is 144 g/mol. The summed E-state index contributed by atoms with van der Waals surface area (Å²) >= 11 is 0. The third-order valence-electron chi connectivity index (χ3n) is 2.35. The second-order valence-electron chi connectivity index (χ2n) is 3.15. The van der Waals surface area contributed by atoms with Crippen molar-refractivity contribution in [2.45, 2.75) is 26.2 Å². The van der Waals surface area contributed by atoms with Gasteiger partial charge < -0.3 is 0 Å². The van der Waals surface area contributed by atoms with Gasteiger partial charge in [-0.2, -0.15) is 0 Å². The lowest BCUT2D eigenvalue weighted by Gasteiger charge is -2.30. The molecule has 3 nitrogen and oxygen atoms in total. The summed E-state index contributed by atoms with van der Waals surface area (Å²) in [5.74, 6) is 5.48. The quantitative estimate of drug-likeness (QED) is 0.341. The van der Waals surface area contributed by atoms with Crippen LogP contribution in [0.15, 0.2) is 0 Å². The van der Waals surface area contributed by atoms with Crippen molar-refractivity contribution in [1.29, 1.82) is 0 Å². The zero-order valence-corrected chi connectivity index (χ0v) is 6.77. The fourth-order valence-electron chi connectivity index (χ4n) is 1.79. The molecule has 0 aliphatic carbocycles. The lowest BCUT2D eigenvalue weighted by molar-refractivity contribution is -0.960. The van der Waals surface area contributed by atoms with Gasteiger partial charge in [0.2, 0.25) is 0 Å². The Balaban J connectivity index is 2.41. The van der Waals surface area contributed by atoms with Crippen molar-refractivity contribution in [3.8, 4) is 0 Å². The monoisotopic (exact) mass is 144 g/mol. The molecule has 10 heavy (non-hydrogen) atoms. The molecule has 60 valence electrons. The van der Waals surface area contributed by atoms with E-state index in [1.807, 2.05) is 0 Å². The normalized spacial score (nSPS) is 23.4. The molecule has 0 aromatic carbocycles. The van der Waals surface area contributed by atoms with Crippen LogP contribution >= 0.6 is 0 Å². The highest BCUT2D eigenvalue weighted by molar-refractivity contribution is 4.50. The van der Waals surface area contributed by atoms with Crippen LogP contribution in [0.2, 0.25) is 0 Å². The number of hydrogen-bond acceptors (Lipinski definition) is 2. The molecule has 1 rings (SSSR count). The Hall–Kier alpha value is -0.120. The number of nitrogens with two attached hydrogens (primary N) is 1. The highest BCUT2D eigenvalue weighted by Gasteiger charge is 2.29. The van der Waals surface area contributed by atoms with E-state index in [4.69, 9.17) is 5.84 Å². The molecule has 0 amide bonds. The Morgan fingerprint density at radius 3 is 2.40 bits per heavy atom. The summed E-state index contributed by atoms with van der Waals surface area (Å²) in [6.45, 7) is 5.81. The van der Waals surface area contributed by atoms with Gasteiger partial charge in [-0.15, -0.1) is 5.53 Å². The van der Waals surface area contributed by atoms with Crippen molar-refractivity contribution in [3.05, 3.63) is 0 Å². The molecular weight excluding hydrogens is 126 g/mol. The molecule has 0 atom stereocenters. The van der Waals surface area contributed by atoms with Crippen LogP contribution in [0.25, 0.3) is 0 Å². The van der Waals surface area contributed by atoms with Crippen molar-refractivity contribution >= 4 is 0 Å². The summed E-state index contributed by atoms with van der Waals surface area (Å²) in [7, 11) is 0. The van der Waals surface area contributed by atoms with Crippen molar-refractivity contribution in [3.63, 3.8) is 0 Å². The molecule has 0 spiro atoms. The SMILES string of the molecule is CCC[N+]1(NN)CCCC1. The Kier molecular flexibility index (Phi) is 2.65. The Bertz CT molecular complexity index is 97.0. The fourth-order valence-corrected chi connectivity index (χ4v) is 1.79. The van der Waals surface area contributed by atoms with E-state index >= 15 is 0 Å². The number of hydrazine groups is 1. The first-order chi connectivity index (χ1) is 4.83. The zero-order valence-electron chi connectivity index (χ0n) is 6.77. The maximum absolute atomic E-state index is 5.48. The smallest absolute Gasteiger partial charge is 0.0976 e. The number of nitrogens with zero attached hydrogens (tertiary/aromatic N) is 1. The third-order valence-corrected chi connectivity index (χ3v) is 2.35. The fraction of sp³-hybridized carbons (Fsp3) is 1.00. The minimum Gasteiger partial charge on any atom is -0.232 e. The van der Waals surface area contributed by atoms with E-state index in [1.54, 1.807) is 0 Å². The van der Waals surface area contributed by atoms with E-state index in [0.29, 0.717) is 0 Å². The summed E-state index contributed by atoms with van der Waals surface area (Å²) in [5.41, 5.74) is 2.92. The predicted octanol–water partition coefficient (Wildman–Crippen LogP) is 0.385. The van der Waals surface area contributed by atoms with Crippen LogP contribution in [-0.4, -0.2) is 24.2 Å². The van der Waals surface area contributed by atoms with Gasteiger partial charge in [0.15, 0.2) is 0 Å². The molecular formula is C7H18N3+. The maximum Gasteiger partial charge on any atom is 0.0976 e. The first-order valence-corrected chi connectivity index (χ1v) is 4.17. The van der Waals surface area contributed by atoms with Crippen molar-refractivity contribution in [2.75, 3.05) is 19.6 Å². The Labute approximate surface area is 62.7 Å². The van der Waals surface area contributed by atoms with E-state index in [1.165, 1.54) is 38.9 Å². The second-order valence-corrected chi connectivity index (χ2v) is 3.15. The van der Waals surface area contributed by atoms with Gasteiger partial charge in [0.05, 0.1) is 19.6 Å². The zero-order chi connectivity index (χ0) is 7.45. The van der Waals surface area contributed by atoms with Crippen molar-refractivity contribution in [1.82, 2.24) is 5.53 Å². The van der Waals surface area contributed by atoms with Crippen LogP contribution < -0.4 is 11.4 Å². The van der Waals surface area contributed by atoms with Gasteiger partial charge in [-0.1, -0.05) is 6.92 Å². The van der Waals surface area contributed by atoms with Gasteiger partial charge in [-0.3, -0.25) is 0 Å². The Morgan fingerprint density at radius 2 is 2.00 bits per heavy atom. The molecule has 1 fully saturated rings. The number of likely N-dealkylation sites (tertiary alicyclic amines) is 1. The minimum atomic E-state index is 0.941. The van der Waals surface area contributed by atoms with E-state index in [0.717, 1.165) is 4.59 Å². The molecule has 0 saturated carbocycles. The molecule has 0 bridgehead atoms. The molecule has 0 aromatic heterocycles.